The SMILES string of the molecule is COC(=O)c1nc(NC(=O)[C@H](c2ccccc2)n2cnnn2)sc1CCc1ccccc1. The van der Waals surface area contributed by atoms with Crippen LogP contribution in [0.5, 0.6) is 0 Å². The summed E-state index contributed by atoms with van der Waals surface area (Å²) in [7, 11) is 1.31. The Hall–Kier alpha value is -3.92. The lowest BCUT2D eigenvalue weighted by Gasteiger charge is -2.15. The number of rotatable bonds is 8. The molecule has 32 heavy (non-hydrogen) atoms. The summed E-state index contributed by atoms with van der Waals surface area (Å²) >= 11 is 1.26. The van der Waals surface area contributed by atoms with Gasteiger partial charge in [-0.2, -0.15) is 0 Å². The van der Waals surface area contributed by atoms with Crippen molar-refractivity contribution in [2.45, 2.75) is 18.9 Å². The van der Waals surface area contributed by atoms with Crippen LogP contribution in [-0.2, 0) is 22.4 Å². The van der Waals surface area contributed by atoms with Crippen LogP contribution in [0.4, 0.5) is 5.13 Å². The smallest absolute Gasteiger partial charge is 0.357 e. The Labute approximate surface area is 188 Å². The summed E-state index contributed by atoms with van der Waals surface area (Å²) in [6, 6.07) is 18.3. The minimum Gasteiger partial charge on any atom is -0.464 e. The van der Waals surface area contributed by atoms with Crippen molar-refractivity contribution in [2.75, 3.05) is 12.4 Å². The van der Waals surface area contributed by atoms with Crippen molar-refractivity contribution in [2.24, 2.45) is 0 Å². The molecular formula is C22H20N6O3S. The van der Waals surface area contributed by atoms with E-state index in [1.165, 1.54) is 29.5 Å². The zero-order chi connectivity index (χ0) is 22.3. The van der Waals surface area contributed by atoms with Crippen LogP contribution in [0, 0.1) is 0 Å². The molecule has 1 amide bonds. The number of carbonyl (C=O) groups excluding carboxylic acids is 2. The van der Waals surface area contributed by atoms with Crippen LogP contribution in [0.1, 0.15) is 32.5 Å². The highest BCUT2D eigenvalue weighted by Crippen LogP contribution is 2.27. The van der Waals surface area contributed by atoms with Gasteiger partial charge in [0, 0.05) is 4.88 Å². The predicted molar refractivity (Wildman–Crippen MR) is 118 cm³/mol. The number of nitrogens with one attached hydrogen (secondary N) is 1. The number of tetrazole rings is 1. The summed E-state index contributed by atoms with van der Waals surface area (Å²) in [5, 5.41) is 14.3. The lowest BCUT2D eigenvalue weighted by molar-refractivity contribution is -0.118. The Morgan fingerprint density at radius 3 is 2.44 bits per heavy atom. The molecule has 0 bridgehead atoms. The molecule has 0 saturated heterocycles. The summed E-state index contributed by atoms with van der Waals surface area (Å²) in [6.45, 7) is 0. The normalized spacial score (nSPS) is 11.7. The van der Waals surface area contributed by atoms with Gasteiger partial charge < -0.3 is 4.74 Å². The minimum atomic E-state index is -0.788. The van der Waals surface area contributed by atoms with Gasteiger partial charge in [-0.3, -0.25) is 10.1 Å². The molecule has 0 spiro atoms. The molecule has 2 heterocycles. The topological polar surface area (TPSA) is 112 Å². The van der Waals surface area contributed by atoms with Gasteiger partial charge in [0.25, 0.3) is 5.91 Å². The van der Waals surface area contributed by atoms with E-state index in [4.69, 9.17) is 4.74 Å². The van der Waals surface area contributed by atoms with Gasteiger partial charge in [-0.05, 0) is 34.4 Å². The summed E-state index contributed by atoms with van der Waals surface area (Å²) in [4.78, 5) is 30.5. The number of aromatic nitrogens is 5. The average Bonchev–Trinajstić information content (AvgIpc) is 3.49. The summed E-state index contributed by atoms with van der Waals surface area (Å²) in [6.07, 6.45) is 2.71. The van der Waals surface area contributed by atoms with Gasteiger partial charge >= 0.3 is 5.97 Å². The molecular weight excluding hydrogens is 428 g/mol. The Balaban J connectivity index is 1.58. The number of methoxy groups -OCH3 is 1. The molecule has 9 nitrogen and oxygen atoms in total. The maximum Gasteiger partial charge on any atom is 0.357 e. The number of amides is 1. The van der Waals surface area contributed by atoms with E-state index in [1.54, 1.807) is 0 Å². The molecule has 2 aromatic heterocycles. The van der Waals surface area contributed by atoms with Crippen molar-refractivity contribution in [3.05, 3.63) is 88.7 Å². The van der Waals surface area contributed by atoms with Crippen molar-refractivity contribution < 1.29 is 14.3 Å². The number of hydrogen-bond acceptors (Lipinski definition) is 8. The molecule has 0 aliphatic carbocycles. The zero-order valence-electron chi connectivity index (χ0n) is 17.2. The van der Waals surface area contributed by atoms with E-state index in [0.29, 0.717) is 17.1 Å². The van der Waals surface area contributed by atoms with E-state index >= 15 is 0 Å². The Morgan fingerprint density at radius 1 is 1.06 bits per heavy atom. The number of aryl methyl sites for hydroxylation is 2. The first-order chi connectivity index (χ1) is 15.7. The first kappa shape index (κ1) is 21.3. The highest BCUT2D eigenvalue weighted by Gasteiger charge is 2.26. The van der Waals surface area contributed by atoms with Crippen molar-refractivity contribution in [3.8, 4) is 0 Å². The number of nitrogens with zero attached hydrogens (tertiary/aromatic N) is 5. The molecule has 1 N–H and O–H groups in total. The summed E-state index contributed by atoms with van der Waals surface area (Å²) < 4.78 is 6.26. The van der Waals surface area contributed by atoms with E-state index < -0.39 is 12.0 Å². The fourth-order valence-corrected chi connectivity index (χ4v) is 4.21. The molecule has 0 aliphatic rings. The Kier molecular flexibility index (Phi) is 6.61. The lowest BCUT2D eigenvalue weighted by Crippen LogP contribution is -2.27. The Bertz CT molecular complexity index is 1180. The lowest BCUT2D eigenvalue weighted by atomic mass is 10.1. The molecule has 10 heteroatoms. The number of carbonyl (C=O) groups is 2. The van der Waals surface area contributed by atoms with Crippen molar-refractivity contribution in [1.29, 1.82) is 0 Å². The van der Waals surface area contributed by atoms with E-state index in [1.807, 2.05) is 60.7 Å². The minimum absolute atomic E-state index is 0.211. The zero-order valence-corrected chi connectivity index (χ0v) is 18.0. The number of thiazole rings is 1. The van der Waals surface area contributed by atoms with E-state index in [-0.39, 0.29) is 11.6 Å². The second-order valence-electron chi connectivity index (χ2n) is 6.86. The molecule has 0 aliphatic heterocycles. The van der Waals surface area contributed by atoms with Gasteiger partial charge in [0.1, 0.15) is 6.33 Å². The van der Waals surface area contributed by atoms with Crippen LogP contribution in [0.25, 0.3) is 0 Å². The second-order valence-corrected chi connectivity index (χ2v) is 7.94. The summed E-state index contributed by atoms with van der Waals surface area (Å²) in [5.41, 5.74) is 2.07. The van der Waals surface area contributed by atoms with Crippen LogP contribution in [-0.4, -0.2) is 44.2 Å². The monoisotopic (exact) mass is 448 g/mol. The molecule has 1 atom stereocenters. The van der Waals surface area contributed by atoms with Gasteiger partial charge in [0.15, 0.2) is 16.9 Å². The van der Waals surface area contributed by atoms with Crippen molar-refractivity contribution in [3.63, 3.8) is 0 Å². The third-order valence-electron chi connectivity index (χ3n) is 4.78. The highest BCUT2D eigenvalue weighted by molar-refractivity contribution is 7.16. The molecule has 4 aromatic rings. The largest absolute Gasteiger partial charge is 0.464 e. The van der Waals surface area contributed by atoms with Gasteiger partial charge in [-0.15, -0.1) is 16.4 Å². The Morgan fingerprint density at radius 2 is 1.78 bits per heavy atom. The standard InChI is InChI=1S/C22H20N6O3S/c1-31-21(30)18-17(13-12-15-8-4-2-5-9-15)32-22(24-18)25-20(29)19(28-14-23-26-27-28)16-10-6-3-7-11-16/h2-11,14,19H,12-13H2,1H3,(H,24,25,29)/t19-/m0/s1. The van der Waals surface area contributed by atoms with E-state index in [0.717, 1.165) is 16.9 Å². The number of ether oxygens (including phenoxy) is 1. The maximum atomic E-state index is 13.2. The molecule has 162 valence electrons. The maximum absolute atomic E-state index is 13.2. The number of anilines is 1. The van der Waals surface area contributed by atoms with Gasteiger partial charge in [-0.1, -0.05) is 60.7 Å². The molecule has 0 unspecified atom stereocenters. The van der Waals surface area contributed by atoms with Crippen LogP contribution in [0.3, 0.4) is 0 Å². The number of esters is 1. The number of hydrogen-bond donors (Lipinski definition) is 1. The second kappa shape index (κ2) is 9.92. The number of benzene rings is 2. The molecule has 4 rings (SSSR count). The van der Waals surface area contributed by atoms with Crippen molar-refractivity contribution >= 4 is 28.3 Å². The van der Waals surface area contributed by atoms with Crippen LogP contribution in [0.2, 0.25) is 0 Å². The first-order valence-corrected chi connectivity index (χ1v) is 10.7. The van der Waals surface area contributed by atoms with Gasteiger partial charge in [-0.25, -0.2) is 14.5 Å². The summed E-state index contributed by atoms with van der Waals surface area (Å²) in [5.74, 6) is -0.909. The predicted octanol–water partition coefficient (Wildman–Crippen LogP) is 2.93. The fourth-order valence-electron chi connectivity index (χ4n) is 3.25. The first-order valence-electron chi connectivity index (χ1n) is 9.86. The molecule has 0 fully saturated rings. The van der Waals surface area contributed by atoms with Gasteiger partial charge in [0.05, 0.1) is 7.11 Å². The third kappa shape index (κ3) is 4.86. The van der Waals surface area contributed by atoms with Crippen molar-refractivity contribution in [1.82, 2.24) is 25.2 Å². The third-order valence-corrected chi connectivity index (χ3v) is 5.81. The quantitative estimate of drug-likeness (QED) is 0.413. The molecule has 2 aromatic carbocycles. The van der Waals surface area contributed by atoms with Gasteiger partial charge in [0.2, 0.25) is 0 Å². The van der Waals surface area contributed by atoms with Crippen LogP contribution >= 0.6 is 11.3 Å². The van der Waals surface area contributed by atoms with E-state index in [2.05, 4.69) is 25.8 Å². The van der Waals surface area contributed by atoms with Crippen LogP contribution < -0.4 is 5.32 Å². The van der Waals surface area contributed by atoms with E-state index in [9.17, 15) is 9.59 Å². The fraction of sp³-hybridized carbons (Fsp3) is 0.182. The molecule has 0 radical (unpaired) electrons. The highest BCUT2D eigenvalue weighted by atomic mass is 32.1. The molecule has 0 saturated carbocycles. The average molecular weight is 449 g/mol. The van der Waals surface area contributed by atoms with Crippen LogP contribution in [0.15, 0.2) is 67.0 Å².